The average molecular weight is 262 g/mol. The Labute approximate surface area is 112 Å². The second-order valence-corrected chi connectivity index (χ2v) is 5.19. The SMILES string of the molecule is CC1NCCc2c1ncn2Cc1ccc(Cl)cc1. The summed E-state index contributed by atoms with van der Waals surface area (Å²) in [5.74, 6) is 0. The molecule has 1 aliphatic rings. The van der Waals surface area contributed by atoms with Gasteiger partial charge in [0.05, 0.1) is 12.0 Å². The number of hydrogen-bond donors (Lipinski definition) is 1. The van der Waals surface area contributed by atoms with Gasteiger partial charge in [0, 0.05) is 36.3 Å². The van der Waals surface area contributed by atoms with Gasteiger partial charge in [0.25, 0.3) is 0 Å². The van der Waals surface area contributed by atoms with Gasteiger partial charge in [0.1, 0.15) is 0 Å². The predicted octanol–water partition coefficient (Wildman–Crippen LogP) is 2.79. The van der Waals surface area contributed by atoms with E-state index in [0.717, 1.165) is 24.5 Å². The molecule has 0 fully saturated rings. The quantitative estimate of drug-likeness (QED) is 0.901. The molecular weight excluding hydrogens is 246 g/mol. The van der Waals surface area contributed by atoms with E-state index < -0.39 is 0 Å². The maximum absolute atomic E-state index is 5.90. The molecule has 0 amide bonds. The van der Waals surface area contributed by atoms with Crippen molar-refractivity contribution in [1.82, 2.24) is 14.9 Å². The van der Waals surface area contributed by atoms with E-state index >= 15 is 0 Å². The third-order valence-corrected chi connectivity index (χ3v) is 3.72. The molecule has 2 aromatic rings. The van der Waals surface area contributed by atoms with Crippen molar-refractivity contribution in [2.24, 2.45) is 0 Å². The zero-order valence-electron chi connectivity index (χ0n) is 10.4. The van der Waals surface area contributed by atoms with Crippen LogP contribution in [-0.4, -0.2) is 16.1 Å². The third-order valence-electron chi connectivity index (χ3n) is 3.47. The van der Waals surface area contributed by atoms with Gasteiger partial charge >= 0.3 is 0 Å². The van der Waals surface area contributed by atoms with Crippen LogP contribution in [-0.2, 0) is 13.0 Å². The van der Waals surface area contributed by atoms with Gasteiger partial charge in [-0.2, -0.15) is 0 Å². The maximum Gasteiger partial charge on any atom is 0.0955 e. The predicted molar refractivity (Wildman–Crippen MR) is 72.9 cm³/mol. The monoisotopic (exact) mass is 261 g/mol. The Morgan fingerprint density at radius 3 is 2.94 bits per heavy atom. The fraction of sp³-hybridized carbons (Fsp3) is 0.357. The summed E-state index contributed by atoms with van der Waals surface area (Å²) in [7, 11) is 0. The van der Waals surface area contributed by atoms with Gasteiger partial charge in [-0.15, -0.1) is 0 Å². The van der Waals surface area contributed by atoms with E-state index in [-0.39, 0.29) is 0 Å². The number of imidazole rings is 1. The van der Waals surface area contributed by atoms with Crippen molar-refractivity contribution in [1.29, 1.82) is 0 Å². The number of hydrogen-bond acceptors (Lipinski definition) is 2. The minimum Gasteiger partial charge on any atom is -0.330 e. The van der Waals surface area contributed by atoms with Gasteiger partial charge in [-0.05, 0) is 24.6 Å². The summed E-state index contributed by atoms with van der Waals surface area (Å²) in [6.07, 6.45) is 3.00. The van der Waals surface area contributed by atoms with Crippen molar-refractivity contribution in [2.45, 2.75) is 25.9 Å². The number of fused-ring (bicyclic) bond motifs is 1. The first kappa shape index (κ1) is 11.8. The number of nitrogens with one attached hydrogen (secondary N) is 1. The van der Waals surface area contributed by atoms with Crippen LogP contribution in [0.1, 0.15) is 29.9 Å². The van der Waals surface area contributed by atoms with Crippen LogP contribution < -0.4 is 5.32 Å². The molecule has 0 aliphatic carbocycles. The molecule has 1 atom stereocenters. The molecule has 0 saturated heterocycles. The van der Waals surface area contributed by atoms with Gasteiger partial charge in [0.2, 0.25) is 0 Å². The number of benzene rings is 1. The summed E-state index contributed by atoms with van der Waals surface area (Å²) in [5, 5.41) is 4.21. The van der Waals surface area contributed by atoms with E-state index in [4.69, 9.17) is 11.6 Å². The van der Waals surface area contributed by atoms with Gasteiger partial charge < -0.3 is 9.88 Å². The Morgan fingerprint density at radius 2 is 2.17 bits per heavy atom. The van der Waals surface area contributed by atoms with Gasteiger partial charge in [0.15, 0.2) is 0 Å². The smallest absolute Gasteiger partial charge is 0.0955 e. The molecule has 1 aliphatic heterocycles. The molecule has 1 N–H and O–H groups in total. The van der Waals surface area contributed by atoms with E-state index in [0.29, 0.717) is 6.04 Å². The van der Waals surface area contributed by atoms with Crippen molar-refractivity contribution in [2.75, 3.05) is 6.54 Å². The molecule has 1 aromatic carbocycles. The highest BCUT2D eigenvalue weighted by Crippen LogP contribution is 2.21. The molecule has 0 bridgehead atoms. The third kappa shape index (κ3) is 2.16. The molecule has 1 unspecified atom stereocenters. The molecule has 0 saturated carbocycles. The number of aromatic nitrogens is 2. The number of halogens is 1. The Balaban J connectivity index is 1.87. The molecule has 0 spiro atoms. The molecule has 3 rings (SSSR count). The normalized spacial score (nSPS) is 18.7. The fourth-order valence-corrected chi connectivity index (χ4v) is 2.61. The first-order valence-corrected chi connectivity index (χ1v) is 6.63. The van der Waals surface area contributed by atoms with E-state index in [1.807, 2.05) is 18.5 Å². The average Bonchev–Trinajstić information content (AvgIpc) is 2.77. The number of nitrogens with zero attached hydrogens (tertiary/aromatic N) is 2. The van der Waals surface area contributed by atoms with Gasteiger partial charge in [-0.1, -0.05) is 23.7 Å². The lowest BCUT2D eigenvalue weighted by atomic mass is 10.1. The van der Waals surface area contributed by atoms with Crippen LogP contribution in [0.2, 0.25) is 5.02 Å². The molecular formula is C14H16ClN3. The minimum atomic E-state index is 0.361. The molecule has 4 heteroatoms. The highest BCUT2D eigenvalue weighted by Gasteiger charge is 2.20. The van der Waals surface area contributed by atoms with E-state index in [1.165, 1.54) is 17.0 Å². The second-order valence-electron chi connectivity index (χ2n) is 4.76. The Kier molecular flexibility index (Phi) is 3.10. The Hall–Kier alpha value is -1.32. The van der Waals surface area contributed by atoms with Crippen LogP contribution in [0.15, 0.2) is 30.6 Å². The lowest BCUT2D eigenvalue weighted by molar-refractivity contribution is 0.516. The van der Waals surface area contributed by atoms with Crippen LogP contribution in [0, 0.1) is 0 Å². The molecule has 94 valence electrons. The van der Waals surface area contributed by atoms with Crippen molar-refractivity contribution < 1.29 is 0 Å². The summed E-state index contributed by atoms with van der Waals surface area (Å²) in [6.45, 7) is 4.06. The van der Waals surface area contributed by atoms with Crippen LogP contribution >= 0.6 is 11.6 Å². The first-order chi connectivity index (χ1) is 8.74. The highest BCUT2D eigenvalue weighted by atomic mass is 35.5. The van der Waals surface area contributed by atoms with Crippen molar-refractivity contribution in [3.8, 4) is 0 Å². The maximum atomic E-state index is 5.90. The van der Waals surface area contributed by atoms with Crippen LogP contribution in [0.25, 0.3) is 0 Å². The lowest BCUT2D eigenvalue weighted by Gasteiger charge is -2.21. The summed E-state index contributed by atoms with van der Waals surface area (Å²) in [5.41, 5.74) is 3.80. The fourth-order valence-electron chi connectivity index (χ4n) is 2.48. The van der Waals surface area contributed by atoms with Crippen LogP contribution in [0.3, 0.4) is 0 Å². The summed E-state index contributed by atoms with van der Waals surface area (Å²) in [4.78, 5) is 4.53. The summed E-state index contributed by atoms with van der Waals surface area (Å²) in [6, 6.07) is 8.37. The van der Waals surface area contributed by atoms with E-state index in [9.17, 15) is 0 Å². The van der Waals surface area contributed by atoms with Gasteiger partial charge in [-0.25, -0.2) is 4.98 Å². The van der Waals surface area contributed by atoms with Crippen molar-refractivity contribution >= 4 is 11.6 Å². The molecule has 0 radical (unpaired) electrons. The second kappa shape index (κ2) is 4.75. The first-order valence-electron chi connectivity index (χ1n) is 6.26. The van der Waals surface area contributed by atoms with E-state index in [2.05, 4.69) is 33.9 Å². The van der Waals surface area contributed by atoms with E-state index in [1.54, 1.807) is 0 Å². The topological polar surface area (TPSA) is 29.9 Å². The number of rotatable bonds is 2. The molecule has 3 nitrogen and oxygen atoms in total. The van der Waals surface area contributed by atoms with Crippen molar-refractivity contribution in [3.63, 3.8) is 0 Å². The molecule has 18 heavy (non-hydrogen) atoms. The zero-order valence-corrected chi connectivity index (χ0v) is 11.1. The van der Waals surface area contributed by atoms with Gasteiger partial charge in [-0.3, -0.25) is 0 Å². The largest absolute Gasteiger partial charge is 0.330 e. The Morgan fingerprint density at radius 1 is 1.39 bits per heavy atom. The Bertz CT molecular complexity index is 545. The summed E-state index contributed by atoms with van der Waals surface area (Å²) >= 11 is 5.90. The van der Waals surface area contributed by atoms with Crippen molar-refractivity contribution in [3.05, 3.63) is 52.6 Å². The standard InChI is InChI=1S/C14H16ClN3/c1-10-14-13(6-7-16-10)18(9-17-14)8-11-2-4-12(15)5-3-11/h2-5,9-10,16H,6-8H2,1H3. The summed E-state index contributed by atoms with van der Waals surface area (Å²) < 4.78 is 2.25. The zero-order chi connectivity index (χ0) is 12.5. The molecule has 2 heterocycles. The lowest BCUT2D eigenvalue weighted by Crippen LogP contribution is -2.29. The van der Waals surface area contributed by atoms with Crippen LogP contribution in [0.5, 0.6) is 0 Å². The highest BCUT2D eigenvalue weighted by molar-refractivity contribution is 6.30. The molecule has 1 aromatic heterocycles. The minimum absolute atomic E-state index is 0.361. The van der Waals surface area contributed by atoms with Crippen LogP contribution in [0.4, 0.5) is 0 Å².